The zero-order chi connectivity index (χ0) is 20.4. The molecule has 0 atom stereocenters. The molecule has 1 aromatic heterocycles. The van der Waals surface area contributed by atoms with Gasteiger partial charge in [-0.25, -0.2) is 4.39 Å². The summed E-state index contributed by atoms with van der Waals surface area (Å²) in [5.74, 6) is -0.244. The SMILES string of the molecule is COc1ccc(NC2=C(c3ccc(F)cc3)C(=O)N(Cc3ccco3)C2=O)cc1. The third kappa shape index (κ3) is 3.62. The molecule has 0 aliphatic carbocycles. The Bertz CT molecular complexity index is 1070. The molecule has 29 heavy (non-hydrogen) atoms. The average Bonchev–Trinajstić information content (AvgIpc) is 3.33. The van der Waals surface area contributed by atoms with Crippen molar-refractivity contribution in [2.75, 3.05) is 12.4 Å². The van der Waals surface area contributed by atoms with Gasteiger partial charge in [0.15, 0.2) is 0 Å². The van der Waals surface area contributed by atoms with E-state index in [-0.39, 0.29) is 17.8 Å². The van der Waals surface area contributed by atoms with Crippen molar-refractivity contribution in [1.82, 2.24) is 4.90 Å². The lowest BCUT2D eigenvalue weighted by atomic mass is 10.0. The normalized spacial score (nSPS) is 13.9. The Morgan fingerprint density at radius 2 is 1.72 bits per heavy atom. The van der Waals surface area contributed by atoms with E-state index in [1.54, 1.807) is 43.5 Å². The second-order valence-corrected chi connectivity index (χ2v) is 6.39. The third-order valence-corrected chi connectivity index (χ3v) is 4.55. The summed E-state index contributed by atoms with van der Waals surface area (Å²) in [6.45, 7) is 0.00313. The first-order valence-electron chi connectivity index (χ1n) is 8.86. The first-order chi connectivity index (χ1) is 14.1. The minimum atomic E-state index is -0.485. The van der Waals surface area contributed by atoms with E-state index < -0.39 is 17.6 Å². The highest BCUT2D eigenvalue weighted by molar-refractivity contribution is 6.36. The van der Waals surface area contributed by atoms with Crippen molar-refractivity contribution in [3.05, 3.63) is 89.8 Å². The summed E-state index contributed by atoms with van der Waals surface area (Å²) in [6.07, 6.45) is 1.48. The molecule has 2 amide bonds. The molecule has 3 aromatic rings. The summed E-state index contributed by atoms with van der Waals surface area (Å²) in [5, 5.41) is 3.03. The molecule has 0 unspecified atom stereocenters. The Morgan fingerprint density at radius 3 is 2.34 bits per heavy atom. The molecule has 6 nitrogen and oxygen atoms in total. The fourth-order valence-corrected chi connectivity index (χ4v) is 3.10. The maximum Gasteiger partial charge on any atom is 0.278 e. The Hall–Kier alpha value is -3.87. The van der Waals surface area contributed by atoms with Crippen molar-refractivity contribution in [3.63, 3.8) is 0 Å². The molecular formula is C22H17FN2O4. The largest absolute Gasteiger partial charge is 0.497 e. The molecule has 0 saturated heterocycles. The Morgan fingerprint density at radius 1 is 1.00 bits per heavy atom. The summed E-state index contributed by atoms with van der Waals surface area (Å²) in [6, 6.07) is 15.8. The van der Waals surface area contributed by atoms with E-state index in [1.807, 2.05) is 0 Å². The number of ether oxygens (including phenoxy) is 1. The molecular weight excluding hydrogens is 375 g/mol. The minimum absolute atomic E-state index is 0.00313. The van der Waals surface area contributed by atoms with Gasteiger partial charge in [-0.05, 0) is 54.1 Å². The fourth-order valence-electron chi connectivity index (χ4n) is 3.10. The highest BCUT2D eigenvalue weighted by atomic mass is 19.1. The van der Waals surface area contributed by atoms with Crippen molar-refractivity contribution in [3.8, 4) is 5.75 Å². The molecule has 1 aliphatic rings. The number of hydrogen-bond acceptors (Lipinski definition) is 5. The molecule has 1 N–H and O–H groups in total. The van der Waals surface area contributed by atoms with E-state index in [1.165, 1.54) is 30.5 Å². The van der Waals surface area contributed by atoms with Crippen molar-refractivity contribution >= 4 is 23.1 Å². The maximum absolute atomic E-state index is 13.4. The lowest BCUT2D eigenvalue weighted by molar-refractivity contribution is -0.137. The number of carbonyl (C=O) groups excluding carboxylic acids is 2. The number of nitrogens with zero attached hydrogens (tertiary/aromatic N) is 1. The van der Waals surface area contributed by atoms with E-state index in [0.717, 1.165) is 4.90 Å². The van der Waals surface area contributed by atoms with Gasteiger partial charge in [0.2, 0.25) is 0 Å². The van der Waals surface area contributed by atoms with E-state index in [9.17, 15) is 14.0 Å². The van der Waals surface area contributed by atoms with Gasteiger partial charge in [-0.1, -0.05) is 12.1 Å². The standard InChI is InChI=1S/C22H17FN2O4/c1-28-17-10-8-16(9-11-17)24-20-19(14-4-6-15(23)7-5-14)21(26)25(22(20)27)13-18-3-2-12-29-18/h2-12,24H,13H2,1H3. The number of halogens is 1. The molecule has 2 heterocycles. The number of imide groups is 1. The molecule has 4 rings (SSSR count). The molecule has 0 spiro atoms. The van der Waals surface area contributed by atoms with Crippen LogP contribution in [-0.2, 0) is 16.1 Å². The summed E-state index contributed by atoms with van der Waals surface area (Å²) < 4.78 is 23.8. The van der Waals surface area contributed by atoms with Crippen LogP contribution < -0.4 is 10.1 Å². The van der Waals surface area contributed by atoms with Crippen LogP contribution in [0.1, 0.15) is 11.3 Å². The molecule has 146 valence electrons. The highest BCUT2D eigenvalue weighted by Gasteiger charge is 2.39. The quantitative estimate of drug-likeness (QED) is 0.646. The summed E-state index contributed by atoms with van der Waals surface area (Å²) in [5.41, 5.74) is 1.36. The van der Waals surface area contributed by atoms with Gasteiger partial charge in [-0.15, -0.1) is 0 Å². The number of anilines is 1. The monoisotopic (exact) mass is 392 g/mol. The number of hydrogen-bond donors (Lipinski definition) is 1. The molecule has 0 bridgehead atoms. The molecule has 0 radical (unpaired) electrons. The van der Waals surface area contributed by atoms with Crippen LogP contribution in [0, 0.1) is 5.82 Å². The Kier molecular flexibility index (Phi) is 4.87. The predicted octanol–water partition coefficient (Wildman–Crippen LogP) is 3.82. The summed E-state index contributed by atoms with van der Waals surface area (Å²) >= 11 is 0. The van der Waals surface area contributed by atoms with Gasteiger partial charge in [-0.2, -0.15) is 0 Å². The van der Waals surface area contributed by atoms with Gasteiger partial charge in [0.1, 0.15) is 23.0 Å². The van der Waals surface area contributed by atoms with E-state index in [2.05, 4.69) is 5.32 Å². The van der Waals surface area contributed by atoms with E-state index in [4.69, 9.17) is 9.15 Å². The predicted molar refractivity (Wildman–Crippen MR) is 104 cm³/mol. The molecule has 0 fully saturated rings. The third-order valence-electron chi connectivity index (χ3n) is 4.55. The van der Waals surface area contributed by atoms with E-state index >= 15 is 0 Å². The number of rotatable bonds is 6. The second kappa shape index (κ2) is 7.63. The van der Waals surface area contributed by atoms with Crippen LogP contribution in [-0.4, -0.2) is 23.8 Å². The minimum Gasteiger partial charge on any atom is -0.497 e. The van der Waals surface area contributed by atoms with Crippen LogP contribution in [0.2, 0.25) is 0 Å². The topological polar surface area (TPSA) is 71.8 Å². The average molecular weight is 392 g/mol. The van der Waals surface area contributed by atoms with E-state index in [0.29, 0.717) is 22.8 Å². The number of furan rings is 1. The number of carbonyl (C=O) groups is 2. The zero-order valence-electron chi connectivity index (χ0n) is 15.5. The zero-order valence-corrected chi connectivity index (χ0v) is 15.5. The Balaban J connectivity index is 1.72. The van der Waals surface area contributed by atoms with Crippen molar-refractivity contribution < 1.29 is 23.1 Å². The van der Waals surface area contributed by atoms with Crippen molar-refractivity contribution in [1.29, 1.82) is 0 Å². The lowest BCUT2D eigenvalue weighted by Crippen LogP contribution is -2.31. The van der Waals surface area contributed by atoms with Crippen molar-refractivity contribution in [2.24, 2.45) is 0 Å². The van der Waals surface area contributed by atoms with Crippen LogP contribution in [0.25, 0.3) is 5.57 Å². The van der Waals surface area contributed by atoms with Crippen LogP contribution in [0.5, 0.6) is 5.75 Å². The number of nitrogens with one attached hydrogen (secondary N) is 1. The number of amides is 2. The Labute approximate surface area is 166 Å². The molecule has 7 heteroatoms. The van der Waals surface area contributed by atoms with Gasteiger partial charge in [-0.3, -0.25) is 14.5 Å². The van der Waals surface area contributed by atoms with Gasteiger partial charge in [0.25, 0.3) is 11.8 Å². The van der Waals surface area contributed by atoms with Gasteiger partial charge < -0.3 is 14.5 Å². The first kappa shape index (κ1) is 18.5. The van der Waals surface area contributed by atoms with Crippen LogP contribution in [0.15, 0.2) is 77.0 Å². The number of benzene rings is 2. The fraction of sp³-hybridized carbons (Fsp3) is 0.0909. The summed E-state index contributed by atoms with van der Waals surface area (Å²) in [4.78, 5) is 27.2. The second-order valence-electron chi connectivity index (χ2n) is 6.39. The van der Waals surface area contributed by atoms with Crippen LogP contribution in [0.3, 0.4) is 0 Å². The highest BCUT2D eigenvalue weighted by Crippen LogP contribution is 2.32. The first-order valence-corrected chi connectivity index (χ1v) is 8.86. The number of methoxy groups -OCH3 is 1. The smallest absolute Gasteiger partial charge is 0.278 e. The molecule has 1 aliphatic heterocycles. The van der Waals surface area contributed by atoms with Gasteiger partial charge in [0.05, 0.1) is 25.5 Å². The lowest BCUT2D eigenvalue weighted by Gasteiger charge is -2.13. The van der Waals surface area contributed by atoms with Crippen molar-refractivity contribution in [2.45, 2.75) is 6.54 Å². The summed E-state index contributed by atoms with van der Waals surface area (Å²) in [7, 11) is 1.56. The maximum atomic E-state index is 13.4. The van der Waals surface area contributed by atoms with Crippen LogP contribution in [0.4, 0.5) is 10.1 Å². The van der Waals surface area contributed by atoms with Gasteiger partial charge >= 0.3 is 0 Å². The molecule has 2 aromatic carbocycles. The molecule has 0 saturated carbocycles. The van der Waals surface area contributed by atoms with Crippen LogP contribution >= 0.6 is 0 Å². The van der Waals surface area contributed by atoms with Gasteiger partial charge in [0, 0.05) is 5.69 Å².